The van der Waals surface area contributed by atoms with E-state index in [1.807, 2.05) is 6.20 Å². The molecule has 0 radical (unpaired) electrons. The van der Waals surface area contributed by atoms with Gasteiger partial charge >= 0.3 is 5.97 Å². The second kappa shape index (κ2) is 6.14. The van der Waals surface area contributed by atoms with Crippen molar-refractivity contribution in [1.82, 2.24) is 19.3 Å². The fraction of sp³-hybridized carbons (Fsp3) is 0.417. The van der Waals surface area contributed by atoms with Crippen LogP contribution in [0.4, 0.5) is 0 Å². The number of hydrogen-bond acceptors (Lipinski definition) is 5. The molecule has 0 atom stereocenters. The summed E-state index contributed by atoms with van der Waals surface area (Å²) in [7, 11) is 1.64. The third-order valence-electron chi connectivity index (χ3n) is 2.51. The Labute approximate surface area is 110 Å². The lowest BCUT2D eigenvalue weighted by atomic mass is 10.5. The smallest absolute Gasteiger partial charge is 0.358 e. The molecule has 2 aromatic heterocycles. The van der Waals surface area contributed by atoms with Gasteiger partial charge in [-0.2, -0.15) is 5.10 Å². The van der Waals surface area contributed by atoms with Crippen LogP contribution in [0.5, 0.6) is 0 Å². The van der Waals surface area contributed by atoms with Crippen LogP contribution in [0.1, 0.15) is 17.4 Å². The van der Waals surface area contributed by atoms with Crippen LogP contribution in [-0.2, 0) is 16.0 Å². The van der Waals surface area contributed by atoms with Crippen molar-refractivity contribution in [2.45, 2.75) is 13.5 Å². The molecule has 0 fully saturated rings. The first-order valence-corrected chi connectivity index (χ1v) is 5.97. The molecule has 0 bridgehead atoms. The molecule has 0 aliphatic carbocycles. The summed E-state index contributed by atoms with van der Waals surface area (Å²) in [6, 6.07) is 0. The van der Waals surface area contributed by atoms with Crippen molar-refractivity contribution < 1.29 is 14.3 Å². The highest BCUT2D eigenvalue weighted by Crippen LogP contribution is 2.08. The van der Waals surface area contributed by atoms with Gasteiger partial charge in [0.05, 0.1) is 31.6 Å². The summed E-state index contributed by atoms with van der Waals surface area (Å²) in [5, 5.41) is 4.19. The number of carbonyl (C=O) groups is 1. The zero-order chi connectivity index (χ0) is 13.7. The second-order valence-corrected chi connectivity index (χ2v) is 3.84. The number of carbonyl (C=O) groups excluding carboxylic acids is 1. The van der Waals surface area contributed by atoms with Crippen molar-refractivity contribution in [2.24, 2.45) is 0 Å². The van der Waals surface area contributed by atoms with Crippen LogP contribution >= 0.6 is 0 Å². The summed E-state index contributed by atoms with van der Waals surface area (Å²) in [6.45, 7) is 3.37. The lowest BCUT2D eigenvalue weighted by Gasteiger charge is -1.99. The van der Waals surface area contributed by atoms with Crippen LogP contribution in [0.25, 0.3) is 5.69 Å². The molecule has 0 unspecified atom stereocenters. The number of nitrogens with zero attached hydrogens (tertiary/aromatic N) is 4. The van der Waals surface area contributed by atoms with Crippen molar-refractivity contribution in [3.05, 3.63) is 30.6 Å². The maximum atomic E-state index is 11.5. The van der Waals surface area contributed by atoms with Gasteiger partial charge in [0, 0.05) is 19.5 Å². The Morgan fingerprint density at radius 3 is 3.00 bits per heavy atom. The third kappa shape index (κ3) is 3.19. The molecular formula is C12H16N4O3. The summed E-state index contributed by atoms with van der Waals surface area (Å²) in [6.07, 6.45) is 6.74. The van der Waals surface area contributed by atoms with Crippen molar-refractivity contribution in [3.63, 3.8) is 0 Å². The van der Waals surface area contributed by atoms with Gasteiger partial charge in [-0.15, -0.1) is 0 Å². The molecule has 102 valence electrons. The van der Waals surface area contributed by atoms with E-state index in [0.717, 1.165) is 5.69 Å². The molecule has 0 N–H and O–H groups in total. The normalized spacial score (nSPS) is 10.6. The minimum atomic E-state index is -0.423. The number of esters is 1. The topological polar surface area (TPSA) is 71.2 Å². The molecular weight excluding hydrogens is 248 g/mol. The molecule has 2 heterocycles. The van der Waals surface area contributed by atoms with E-state index in [-0.39, 0.29) is 5.69 Å². The molecule has 0 aliphatic heterocycles. The molecule has 19 heavy (non-hydrogen) atoms. The molecule has 0 saturated carbocycles. The highest BCUT2D eigenvalue weighted by atomic mass is 16.5. The summed E-state index contributed by atoms with van der Waals surface area (Å²) in [5.41, 5.74) is 1.12. The molecule has 7 heteroatoms. The van der Waals surface area contributed by atoms with Gasteiger partial charge in [0.2, 0.25) is 0 Å². The molecule has 2 rings (SSSR count). The lowest BCUT2D eigenvalue weighted by molar-refractivity contribution is 0.0520. The summed E-state index contributed by atoms with van der Waals surface area (Å²) < 4.78 is 13.4. The Balaban J connectivity index is 2.09. The van der Waals surface area contributed by atoms with Gasteiger partial charge in [0.15, 0.2) is 5.69 Å². The van der Waals surface area contributed by atoms with Gasteiger partial charge in [-0.1, -0.05) is 0 Å². The lowest BCUT2D eigenvalue weighted by Crippen LogP contribution is -2.04. The maximum absolute atomic E-state index is 11.5. The zero-order valence-electron chi connectivity index (χ0n) is 10.9. The number of methoxy groups -OCH3 is 1. The van der Waals surface area contributed by atoms with E-state index < -0.39 is 5.97 Å². The molecule has 0 aromatic carbocycles. The highest BCUT2D eigenvalue weighted by molar-refractivity contribution is 5.87. The fourth-order valence-electron chi connectivity index (χ4n) is 1.57. The summed E-state index contributed by atoms with van der Waals surface area (Å²) in [4.78, 5) is 15.5. The molecule has 0 saturated heterocycles. The van der Waals surface area contributed by atoms with Crippen LogP contribution in [0.2, 0.25) is 0 Å². The first-order valence-electron chi connectivity index (χ1n) is 5.97. The van der Waals surface area contributed by atoms with Gasteiger partial charge in [0.25, 0.3) is 0 Å². The maximum Gasteiger partial charge on any atom is 0.358 e. The van der Waals surface area contributed by atoms with E-state index in [1.165, 1.54) is 0 Å². The molecule has 0 amide bonds. The van der Waals surface area contributed by atoms with E-state index in [4.69, 9.17) is 9.47 Å². The number of rotatable bonds is 6. The van der Waals surface area contributed by atoms with Crippen molar-refractivity contribution in [3.8, 4) is 5.69 Å². The average Bonchev–Trinajstić information content (AvgIpc) is 3.05. The quantitative estimate of drug-likeness (QED) is 0.725. The van der Waals surface area contributed by atoms with Crippen molar-refractivity contribution in [2.75, 3.05) is 20.3 Å². The Morgan fingerprint density at radius 2 is 2.26 bits per heavy atom. The summed E-state index contributed by atoms with van der Waals surface area (Å²) >= 11 is 0. The Hall–Kier alpha value is -2.15. The van der Waals surface area contributed by atoms with E-state index in [2.05, 4.69) is 10.1 Å². The Bertz CT molecular complexity index is 547. The van der Waals surface area contributed by atoms with Gasteiger partial charge in [-0.25, -0.2) is 9.78 Å². The summed E-state index contributed by atoms with van der Waals surface area (Å²) in [5.74, 6) is -0.423. The van der Waals surface area contributed by atoms with Gasteiger partial charge in [-0.05, 0) is 6.92 Å². The van der Waals surface area contributed by atoms with Gasteiger partial charge in [0.1, 0.15) is 6.33 Å². The van der Waals surface area contributed by atoms with Crippen LogP contribution in [0.15, 0.2) is 24.9 Å². The third-order valence-corrected chi connectivity index (χ3v) is 2.51. The van der Waals surface area contributed by atoms with Crippen LogP contribution in [-0.4, -0.2) is 45.6 Å². The molecule has 2 aromatic rings. The number of hydrogen-bond donors (Lipinski definition) is 0. The Kier molecular flexibility index (Phi) is 4.30. The van der Waals surface area contributed by atoms with Gasteiger partial charge in [-0.3, -0.25) is 4.68 Å². The number of ether oxygens (including phenoxy) is 2. The van der Waals surface area contributed by atoms with E-state index in [9.17, 15) is 4.79 Å². The van der Waals surface area contributed by atoms with E-state index in [1.54, 1.807) is 42.0 Å². The minimum Gasteiger partial charge on any atom is -0.461 e. The first kappa shape index (κ1) is 13.3. The van der Waals surface area contributed by atoms with Crippen LogP contribution < -0.4 is 0 Å². The average molecular weight is 264 g/mol. The Morgan fingerprint density at radius 1 is 1.42 bits per heavy atom. The monoisotopic (exact) mass is 264 g/mol. The largest absolute Gasteiger partial charge is 0.461 e. The SMILES string of the molecule is CCOC(=O)c1cn(-c2cnn(CCOC)c2)cn1. The number of imidazole rings is 1. The molecule has 7 nitrogen and oxygen atoms in total. The molecule has 0 spiro atoms. The predicted octanol–water partition coefficient (Wildman–Crippen LogP) is 0.892. The number of aromatic nitrogens is 4. The van der Waals surface area contributed by atoms with Crippen molar-refractivity contribution in [1.29, 1.82) is 0 Å². The van der Waals surface area contributed by atoms with Crippen molar-refractivity contribution >= 4 is 5.97 Å². The fourth-order valence-corrected chi connectivity index (χ4v) is 1.57. The minimum absolute atomic E-state index is 0.284. The standard InChI is InChI=1S/C12H16N4O3/c1-3-19-12(17)11-8-15(9-13-11)10-6-14-16(7-10)4-5-18-2/h6-9H,3-5H2,1-2H3. The van der Waals surface area contributed by atoms with Gasteiger partial charge < -0.3 is 14.0 Å². The van der Waals surface area contributed by atoms with Crippen LogP contribution in [0.3, 0.4) is 0 Å². The van der Waals surface area contributed by atoms with E-state index in [0.29, 0.717) is 19.8 Å². The van der Waals surface area contributed by atoms with Crippen LogP contribution in [0, 0.1) is 0 Å². The zero-order valence-corrected chi connectivity index (χ0v) is 10.9. The molecule has 0 aliphatic rings. The van der Waals surface area contributed by atoms with E-state index >= 15 is 0 Å². The predicted molar refractivity (Wildman–Crippen MR) is 67.2 cm³/mol. The first-order chi connectivity index (χ1) is 9.24. The second-order valence-electron chi connectivity index (χ2n) is 3.84. The highest BCUT2D eigenvalue weighted by Gasteiger charge is 2.11.